The van der Waals surface area contributed by atoms with Gasteiger partial charge >= 0.3 is 0 Å². The van der Waals surface area contributed by atoms with Crippen molar-refractivity contribution in [3.05, 3.63) is 0 Å². The second-order valence-corrected chi connectivity index (χ2v) is 7.45. The first kappa shape index (κ1) is 14.3. The fraction of sp³-hybridized carbons (Fsp3) is 1.00. The molecule has 6 heteroatoms. The van der Waals surface area contributed by atoms with E-state index < -0.39 is 10.0 Å². The average Bonchev–Trinajstić information content (AvgIpc) is 2.27. The van der Waals surface area contributed by atoms with E-state index in [9.17, 15) is 8.42 Å². The molecule has 4 nitrogen and oxygen atoms in total. The number of piperidine rings is 1. The van der Waals surface area contributed by atoms with Gasteiger partial charge in [0.2, 0.25) is 10.0 Å². The Hall–Kier alpha value is 0.220. The molecule has 0 amide bonds. The van der Waals surface area contributed by atoms with Gasteiger partial charge in [-0.05, 0) is 25.6 Å². The lowest BCUT2D eigenvalue weighted by Gasteiger charge is -2.23. The maximum atomic E-state index is 11.8. The van der Waals surface area contributed by atoms with Gasteiger partial charge in [0.1, 0.15) is 0 Å². The number of thioether (sulfide) groups is 1. The summed E-state index contributed by atoms with van der Waals surface area (Å²) in [5.41, 5.74) is 0. The van der Waals surface area contributed by atoms with Gasteiger partial charge in [-0.1, -0.05) is 13.3 Å². The molecule has 2 unspecified atom stereocenters. The highest BCUT2D eigenvalue weighted by Crippen LogP contribution is 2.09. The molecule has 2 atom stereocenters. The molecular weight excluding hydrogens is 244 g/mol. The lowest BCUT2D eigenvalue weighted by atomic mass is 10.1. The van der Waals surface area contributed by atoms with Crippen molar-refractivity contribution in [2.75, 3.05) is 25.1 Å². The standard InChI is InChI=1S/C10H22N2O2S2/c1-9(15-2)7-12-16(13,14)8-10-5-3-4-6-11-10/h9-12H,3-8H2,1-2H3. The van der Waals surface area contributed by atoms with E-state index in [0.717, 1.165) is 25.8 Å². The van der Waals surface area contributed by atoms with Crippen LogP contribution in [-0.4, -0.2) is 44.8 Å². The van der Waals surface area contributed by atoms with Gasteiger partial charge in [-0.15, -0.1) is 0 Å². The highest BCUT2D eigenvalue weighted by molar-refractivity contribution is 7.99. The van der Waals surface area contributed by atoms with Crippen molar-refractivity contribution in [2.24, 2.45) is 0 Å². The summed E-state index contributed by atoms with van der Waals surface area (Å²) in [6.45, 7) is 3.49. The zero-order chi connectivity index (χ0) is 12.0. The van der Waals surface area contributed by atoms with Crippen molar-refractivity contribution >= 4 is 21.8 Å². The fourth-order valence-corrected chi connectivity index (χ4v) is 3.51. The summed E-state index contributed by atoms with van der Waals surface area (Å²) in [5, 5.41) is 3.58. The van der Waals surface area contributed by atoms with Gasteiger partial charge in [0.25, 0.3) is 0 Å². The summed E-state index contributed by atoms with van der Waals surface area (Å²) in [6, 6.07) is 0.135. The van der Waals surface area contributed by atoms with Crippen LogP contribution in [0.1, 0.15) is 26.2 Å². The molecule has 0 aromatic carbocycles. The van der Waals surface area contributed by atoms with Crippen molar-refractivity contribution in [3.8, 4) is 0 Å². The summed E-state index contributed by atoms with van der Waals surface area (Å²) < 4.78 is 26.2. The van der Waals surface area contributed by atoms with Crippen molar-refractivity contribution in [2.45, 2.75) is 37.5 Å². The first-order valence-corrected chi connectivity index (χ1v) is 8.71. The molecule has 0 aromatic rings. The van der Waals surface area contributed by atoms with Crippen molar-refractivity contribution in [1.29, 1.82) is 0 Å². The van der Waals surface area contributed by atoms with E-state index in [1.54, 1.807) is 11.8 Å². The van der Waals surface area contributed by atoms with Gasteiger partial charge in [-0.2, -0.15) is 11.8 Å². The van der Waals surface area contributed by atoms with Crippen molar-refractivity contribution in [1.82, 2.24) is 10.0 Å². The molecule has 1 fully saturated rings. The zero-order valence-electron chi connectivity index (χ0n) is 10.0. The number of nitrogens with one attached hydrogen (secondary N) is 2. The molecule has 1 rings (SSSR count). The molecule has 0 spiro atoms. The Balaban J connectivity index is 2.32. The molecule has 1 aliphatic heterocycles. The van der Waals surface area contributed by atoms with E-state index in [1.807, 2.05) is 13.2 Å². The largest absolute Gasteiger partial charge is 0.313 e. The minimum Gasteiger partial charge on any atom is -0.313 e. The molecule has 0 aromatic heterocycles. The molecular formula is C10H22N2O2S2. The Morgan fingerprint density at radius 3 is 2.81 bits per heavy atom. The van der Waals surface area contributed by atoms with E-state index in [2.05, 4.69) is 10.0 Å². The van der Waals surface area contributed by atoms with E-state index in [-0.39, 0.29) is 11.8 Å². The molecule has 96 valence electrons. The maximum Gasteiger partial charge on any atom is 0.213 e. The average molecular weight is 266 g/mol. The second-order valence-electron chi connectivity index (χ2n) is 4.32. The molecule has 0 aliphatic carbocycles. The molecule has 1 aliphatic rings. The van der Waals surface area contributed by atoms with Crippen LogP contribution in [0.25, 0.3) is 0 Å². The summed E-state index contributed by atoms with van der Waals surface area (Å²) >= 11 is 1.67. The number of hydrogen-bond acceptors (Lipinski definition) is 4. The van der Waals surface area contributed by atoms with Gasteiger partial charge in [0.05, 0.1) is 5.75 Å². The van der Waals surface area contributed by atoms with Gasteiger partial charge in [0, 0.05) is 17.8 Å². The van der Waals surface area contributed by atoms with Crippen LogP contribution in [0.2, 0.25) is 0 Å². The Labute approximate surface area is 103 Å². The summed E-state index contributed by atoms with van der Waals surface area (Å²) in [4.78, 5) is 0. The van der Waals surface area contributed by atoms with E-state index in [0.29, 0.717) is 11.8 Å². The second kappa shape index (κ2) is 6.83. The molecule has 1 heterocycles. The van der Waals surface area contributed by atoms with Crippen LogP contribution in [0, 0.1) is 0 Å². The van der Waals surface area contributed by atoms with Gasteiger partial charge in [-0.3, -0.25) is 0 Å². The molecule has 0 saturated carbocycles. The monoisotopic (exact) mass is 266 g/mol. The van der Waals surface area contributed by atoms with Crippen LogP contribution >= 0.6 is 11.8 Å². The summed E-state index contributed by atoms with van der Waals surface area (Å²) in [7, 11) is -3.11. The zero-order valence-corrected chi connectivity index (χ0v) is 11.7. The smallest absolute Gasteiger partial charge is 0.213 e. The SMILES string of the molecule is CSC(C)CNS(=O)(=O)CC1CCCCN1. The number of rotatable bonds is 6. The predicted molar refractivity (Wildman–Crippen MR) is 70.4 cm³/mol. The Bertz CT molecular complexity index is 287. The summed E-state index contributed by atoms with van der Waals surface area (Å²) in [5.74, 6) is 0.216. The van der Waals surface area contributed by atoms with Crippen LogP contribution in [0.4, 0.5) is 0 Å². The van der Waals surface area contributed by atoms with Crippen molar-refractivity contribution < 1.29 is 8.42 Å². The molecule has 0 bridgehead atoms. The lowest BCUT2D eigenvalue weighted by Crippen LogP contribution is -2.43. The van der Waals surface area contributed by atoms with Crippen LogP contribution in [0.15, 0.2) is 0 Å². The Kier molecular flexibility index (Phi) is 6.10. The first-order valence-electron chi connectivity index (χ1n) is 5.77. The van der Waals surface area contributed by atoms with Crippen molar-refractivity contribution in [3.63, 3.8) is 0 Å². The fourth-order valence-electron chi connectivity index (χ4n) is 1.72. The molecule has 1 saturated heterocycles. The Morgan fingerprint density at radius 2 is 2.25 bits per heavy atom. The third kappa shape index (κ3) is 5.52. The number of hydrogen-bond donors (Lipinski definition) is 2. The third-order valence-electron chi connectivity index (χ3n) is 2.83. The minimum atomic E-state index is -3.11. The van der Waals surface area contributed by atoms with E-state index in [1.165, 1.54) is 0 Å². The lowest BCUT2D eigenvalue weighted by molar-refractivity contribution is 0.422. The van der Waals surface area contributed by atoms with Gasteiger partial charge < -0.3 is 5.32 Å². The van der Waals surface area contributed by atoms with E-state index in [4.69, 9.17) is 0 Å². The first-order chi connectivity index (χ1) is 7.53. The number of sulfonamides is 1. The summed E-state index contributed by atoms with van der Waals surface area (Å²) in [6.07, 6.45) is 5.25. The molecule has 2 N–H and O–H groups in total. The Morgan fingerprint density at radius 1 is 1.50 bits per heavy atom. The predicted octanol–water partition coefficient (Wildman–Crippen LogP) is 0.799. The van der Waals surface area contributed by atoms with Gasteiger partial charge in [-0.25, -0.2) is 13.1 Å². The van der Waals surface area contributed by atoms with Crippen LogP contribution in [0.5, 0.6) is 0 Å². The molecule has 0 radical (unpaired) electrons. The normalized spacial score (nSPS) is 24.2. The van der Waals surface area contributed by atoms with Crippen LogP contribution in [-0.2, 0) is 10.0 Å². The van der Waals surface area contributed by atoms with Crippen LogP contribution < -0.4 is 10.0 Å². The molecule has 16 heavy (non-hydrogen) atoms. The third-order valence-corrected chi connectivity index (χ3v) is 5.25. The highest BCUT2D eigenvalue weighted by Gasteiger charge is 2.20. The minimum absolute atomic E-state index is 0.135. The topological polar surface area (TPSA) is 58.2 Å². The van der Waals surface area contributed by atoms with E-state index >= 15 is 0 Å². The highest BCUT2D eigenvalue weighted by atomic mass is 32.2. The quantitative estimate of drug-likeness (QED) is 0.746. The van der Waals surface area contributed by atoms with Gasteiger partial charge in [0.15, 0.2) is 0 Å². The van der Waals surface area contributed by atoms with Crippen LogP contribution in [0.3, 0.4) is 0 Å². The maximum absolute atomic E-state index is 11.8.